The fraction of sp³-hybridized carbons (Fsp3) is 0.588. The lowest BCUT2D eigenvalue weighted by molar-refractivity contribution is -0.119. The maximum absolute atomic E-state index is 13.9. The van der Waals surface area contributed by atoms with E-state index < -0.39 is 0 Å². The lowest BCUT2D eigenvalue weighted by atomic mass is 10.0. The minimum Gasteiger partial charge on any atom is -0.369 e. The first-order chi connectivity index (χ1) is 11.1. The topological polar surface area (TPSA) is 52.8 Å². The number of primary amides is 1. The smallest absolute Gasteiger partial charge is 0.231 e. The molecule has 2 saturated heterocycles. The van der Waals surface area contributed by atoms with E-state index in [9.17, 15) is 9.18 Å². The van der Waals surface area contributed by atoms with E-state index in [1.165, 1.54) is 6.07 Å². The first-order valence-corrected chi connectivity index (χ1v) is 8.37. The molecular weight excluding hydrogens is 366 g/mol. The minimum atomic E-state index is -0.255. The van der Waals surface area contributed by atoms with Crippen LogP contribution in [0.15, 0.2) is 24.3 Å². The average molecular weight is 393 g/mol. The lowest BCUT2D eigenvalue weighted by Gasteiger charge is -2.43. The van der Waals surface area contributed by atoms with Crippen LogP contribution in [0.25, 0.3) is 0 Å². The van der Waals surface area contributed by atoms with Gasteiger partial charge in [-0.15, -0.1) is 24.8 Å². The predicted octanol–water partition coefficient (Wildman–Crippen LogP) is 1.74. The summed E-state index contributed by atoms with van der Waals surface area (Å²) in [4.78, 5) is 17.9. The molecule has 1 amide bonds. The summed E-state index contributed by atoms with van der Waals surface area (Å²) in [7, 11) is 0. The van der Waals surface area contributed by atoms with E-state index in [-0.39, 0.29) is 36.5 Å². The SMILES string of the molecule is Cl.Cl.NC(=O)CN1CCCC(N2CCN(c3ccccc3F)CC2)C1. The van der Waals surface area contributed by atoms with Crippen LogP contribution in [-0.2, 0) is 4.79 Å². The molecule has 0 bridgehead atoms. The number of carbonyl (C=O) groups excluding carboxylic acids is 1. The maximum Gasteiger partial charge on any atom is 0.231 e. The van der Waals surface area contributed by atoms with E-state index in [4.69, 9.17) is 5.73 Å². The summed E-state index contributed by atoms with van der Waals surface area (Å²) in [5.41, 5.74) is 6.01. The Balaban J connectivity index is 0.00000156. The van der Waals surface area contributed by atoms with Gasteiger partial charge >= 0.3 is 0 Å². The highest BCUT2D eigenvalue weighted by atomic mass is 35.5. The van der Waals surface area contributed by atoms with Gasteiger partial charge in [0.2, 0.25) is 5.91 Å². The van der Waals surface area contributed by atoms with Crippen molar-refractivity contribution in [1.82, 2.24) is 9.80 Å². The van der Waals surface area contributed by atoms with E-state index in [0.717, 1.165) is 52.1 Å². The van der Waals surface area contributed by atoms with Gasteiger partial charge in [0.1, 0.15) is 5.82 Å². The average Bonchev–Trinajstić information content (AvgIpc) is 2.55. The van der Waals surface area contributed by atoms with Crippen LogP contribution in [0.5, 0.6) is 0 Å². The van der Waals surface area contributed by atoms with Crippen LogP contribution < -0.4 is 10.6 Å². The Bertz CT molecular complexity index is 555. The molecule has 1 aromatic rings. The number of para-hydroxylation sites is 1. The number of benzene rings is 1. The van der Waals surface area contributed by atoms with Gasteiger partial charge in [0, 0.05) is 38.8 Å². The fourth-order valence-electron chi connectivity index (χ4n) is 3.73. The van der Waals surface area contributed by atoms with Crippen LogP contribution in [-0.4, -0.2) is 67.6 Å². The molecule has 2 aliphatic rings. The number of piperazine rings is 1. The van der Waals surface area contributed by atoms with Gasteiger partial charge in [-0.1, -0.05) is 12.1 Å². The second kappa shape index (κ2) is 10.2. The number of carbonyl (C=O) groups is 1. The number of rotatable bonds is 4. The van der Waals surface area contributed by atoms with Crippen molar-refractivity contribution in [3.63, 3.8) is 0 Å². The van der Waals surface area contributed by atoms with E-state index in [1.54, 1.807) is 6.07 Å². The van der Waals surface area contributed by atoms with Gasteiger partial charge in [0.15, 0.2) is 0 Å². The number of hydrogen-bond donors (Lipinski definition) is 1. The number of likely N-dealkylation sites (tertiary alicyclic amines) is 1. The molecule has 2 heterocycles. The first kappa shape index (κ1) is 22.0. The minimum absolute atomic E-state index is 0. The number of nitrogens with two attached hydrogens (primary N) is 1. The molecule has 8 heteroatoms. The van der Waals surface area contributed by atoms with Gasteiger partial charge in [0.25, 0.3) is 0 Å². The Kier molecular flexibility index (Phi) is 8.93. The second-order valence-electron chi connectivity index (χ2n) is 6.47. The largest absolute Gasteiger partial charge is 0.369 e. The molecule has 2 N–H and O–H groups in total. The normalized spacial score (nSPS) is 22.0. The standard InChI is InChI=1S/C17H25FN4O.2ClH/c18-15-5-1-2-6-16(15)22-10-8-21(9-11-22)14-4-3-7-20(12-14)13-17(19)23;;/h1-2,5-6,14H,3-4,7-13H2,(H2,19,23);2*1H. The molecule has 5 nitrogen and oxygen atoms in total. The van der Waals surface area contributed by atoms with Gasteiger partial charge in [-0.05, 0) is 31.5 Å². The van der Waals surface area contributed by atoms with E-state index in [1.807, 2.05) is 12.1 Å². The highest BCUT2D eigenvalue weighted by Crippen LogP contribution is 2.22. The molecule has 0 aromatic heterocycles. The van der Waals surface area contributed by atoms with Gasteiger partial charge < -0.3 is 10.6 Å². The summed E-state index contributed by atoms with van der Waals surface area (Å²) in [6.07, 6.45) is 2.26. The van der Waals surface area contributed by atoms with Crippen molar-refractivity contribution in [3.8, 4) is 0 Å². The fourth-order valence-corrected chi connectivity index (χ4v) is 3.73. The third kappa shape index (κ3) is 5.71. The summed E-state index contributed by atoms with van der Waals surface area (Å²) in [5, 5.41) is 0. The van der Waals surface area contributed by atoms with Crippen LogP contribution in [0.1, 0.15) is 12.8 Å². The highest BCUT2D eigenvalue weighted by Gasteiger charge is 2.29. The van der Waals surface area contributed by atoms with E-state index >= 15 is 0 Å². The van der Waals surface area contributed by atoms with Gasteiger partial charge in [-0.3, -0.25) is 14.6 Å². The van der Waals surface area contributed by atoms with Gasteiger partial charge in [-0.25, -0.2) is 4.39 Å². The van der Waals surface area contributed by atoms with Crippen molar-refractivity contribution < 1.29 is 9.18 Å². The van der Waals surface area contributed by atoms with Crippen LogP contribution in [0.2, 0.25) is 0 Å². The van der Waals surface area contributed by atoms with Crippen molar-refractivity contribution in [1.29, 1.82) is 0 Å². The number of amides is 1. The molecule has 0 radical (unpaired) electrons. The van der Waals surface area contributed by atoms with Crippen molar-refractivity contribution >= 4 is 36.4 Å². The van der Waals surface area contributed by atoms with Crippen LogP contribution >= 0.6 is 24.8 Å². The van der Waals surface area contributed by atoms with Crippen molar-refractivity contribution in [2.75, 3.05) is 50.7 Å². The van der Waals surface area contributed by atoms with Crippen LogP contribution in [0, 0.1) is 5.82 Å². The summed E-state index contributed by atoms with van der Waals surface area (Å²) in [5.74, 6) is -0.402. The first-order valence-electron chi connectivity index (χ1n) is 8.37. The summed E-state index contributed by atoms with van der Waals surface area (Å²) >= 11 is 0. The molecule has 25 heavy (non-hydrogen) atoms. The molecule has 0 spiro atoms. The van der Waals surface area contributed by atoms with Crippen molar-refractivity contribution in [2.45, 2.75) is 18.9 Å². The summed E-state index contributed by atoms with van der Waals surface area (Å²) in [6.45, 7) is 5.76. The van der Waals surface area contributed by atoms with Crippen LogP contribution in [0.4, 0.5) is 10.1 Å². The van der Waals surface area contributed by atoms with Crippen molar-refractivity contribution in [3.05, 3.63) is 30.1 Å². The number of hydrogen-bond acceptors (Lipinski definition) is 4. The maximum atomic E-state index is 13.9. The molecule has 0 aliphatic carbocycles. The highest BCUT2D eigenvalue weighted by molar-refractivity contribution is 5.85. The van der Waals surface area contributed by atoms with E-state index in [2.05, 4.69) is 14.7 Å². The Hall–Kier alpha value is -1.08. The number of nitrogens with zero attached hydrogens (tertiary/aromatic N) is 3. The zero-order chi connectivity index (χ0) is 16.2. The molecule has 1 unspecified atom stereocenters. The Labute approximate surface area is 161 Å². The van der Waals surface area contributed by atoms with Gasteiger partial charge in [0.05, 0.1) is 12.2 Å². The third-order valence-corrected chi connectivity index (χ3v) is 4.88. The monoisotopic (exact) mass is 392 g/mol. The zero-order valence-corrected chi connectivity index (χ0v) is 15.9. The third-order valence-electron chi connectivity index (χ3n) is 4.88. The van der Waals surface area contributed by atoms with Crippen molar-refractivity contribution in [2.24, 2.45) is 5.73 Å². The Morgan fingerprint density at radius 1 is 1.12 bits per heavy atom. The second-order valence-corrected chi connectivity index (χ2v) is 6.47. The molecule has 1 atom stereocenters. The molecule has 3 rings (SSSR count). The zero-order valence-electron chi connectivity index (χ0n) is 14.3. The molecule has 1 aromatic carbocycles. The molecule has 142 valence electrons. The molecular formula is C17H27Cl2FN4O. The Morgan fingerprint density at radius 2 is 1.80 bits per heavy atom. The molecule has 0 saturated carbocycles. The Morgan fingerprint density at radius 3 is 2.44 bits per heavy atom. The summed E-state index contributed by atoms with van der Waals surface area (Å²) < 4.78 is 13.9. The molecule has 2 fully saturated rings. The van der Waals surface area contributed by atoms with Crippen LogP contribution in [0.3, 0.4) is 0 Å². The molecule has 2 aliphatic heterocycles. The number of halogens is 3. The van der Waals surface area contributed by atoms with E-state index in [0.29, 0.717) is 18.3 Å². The predicted molar refractivity (Wildman–Crippen MR) is 103 cm³/mol. The van der Waals surface area contributed by atoms with Gasteiger partial charge in [-0.2, -0.15) is 0 Å². The number of piperidine rings is 1. The summed E-state index contributed by atoms with van der Waals surface area (Å²) in [6, 6.07) is 7.45. The lowest BCUT2D eigenvalue weighted by Crippen LogP contribution is -2.55. The quantitative estimate of drug-likeness (QED) is 0.847. The number of anilines is 1.